The van der Waals surface area contributed by atoms with Crippen molar-refractivity contribution in [2.45, 2.75) is 46.1 Å². The molecule has 0 spiro atoms. The van der Waals surface area contributed by atoms with E-state index in [2.05, 4.69) is 48.0 Å². The minimum atomic E-state index is 0.191. The third kappa shape index (κ3) is 2.25. The molecular formula is C18H24N2O. The summed E-state index contributed by atoms with van der Waals surface area (Å²) in [5.74, 6) is 0.706. The van der Waals surface area contributed by atoms with Crippen molar-refractivity contribution in [3.05, 3.63) is 35.5 Å². The summed E-state index contributed by atoms with van der Waals surface area (Å²) in [6.45, 7) is 6.99. The molecule has 2 heterocycles. The van der Waals surface area contributed by atoms with E-state index < -0.39 is 0 Å². The molecule has 3 nitrogen and oxygen atoms in total. The Hall–Kier alpha value is -1.77. The van der Waals surface area contributed by atoms with E-state index in [1.54, 1.807) is 6.92 Å². The summed E-state index contributed by atoms with van der Waals surface area (Å²) in [6, 6.07) is 8.70. The van der Waals surface area contributed by atoms with Gasteiger partial charge in [0, 0.05) is 30.1 Å². The molecule has 0 aliphatic carbocycles. The van der Waals surface area contributed by atoms with E-state index >= 15 is 0 Å². The predicted octanol–water partition coefficient (Wildman–Crippen LogP) is 4.05. The third-order valence-corrected chi connectivity index (χ3v) is 4.98. The van der Waals surface area contributed by atoms with E-state index in [1.807, 2.05) is 0 Å². The number of nitrogens with zero attached hydrogens (tertiary/aromatic N) is 1. The van der Waals surface area contributed by atoms with Gasteiger partial charge in [-0.05, 0) is 24.0 Å². The molecule has 21 heavy (non-hydrogen) atoms. The Labute approximate surface area is 126 Å². The second kappa shape index (κ2) is 5.55. The molecule has 1 aromatic carbocycles. The van der Waals surface area contributed by atoms with Crippen molar-refractivity contribution in [3.8, 4) is 0 Å². The van der Waals surface area contributed by atoms with E-state index in [0.29, 0.717) is 5.92 Å². The van der Waals surface area contributed by atoms with Crippen LogP contribution in [0.5, 0.6) is 0 Å². The van der Waals surface area contributed by atoms with Crippen molar-refractivity contribution >= 4 is 16.8 Å². The summed E-state index contributed by atoms with van der Waals surface area (Å²) < 4.78 is 0. The zero-order chi connectivity index (χ0) is 15.0. The van der Waals surface area contributed by atoms with Crippen LogP contribution in [-0.4, -0.2) is 22.3 Å². The number of nitrogens with one attached hydrogen (secondary N) is 1. The van der Waals surface area contributed by atoms with Crippen LogP contribution < -0.4 is 0 Å². The van der Waals surface area contributed by atoms with E-state index in [0.717, 1.165) is 25.8 Å². The average Bonchev–Trinajstić information content (AvgIpc) is 2.87. The highest BCUT2D eigenvalue weighted by molar-refractivity contribution is 5.86. The zero-order valence-corrected chi connectivity index (χ0v) is 13.1. The number of aromatic nitrogens is 1. The highest BCUT2D eigenvalue weighted by atomic mass is 16.2. The highest BCUT2D eigenvalue weighted by Gasteiger charge is 2.35. The third-order valence-electron chi connectivity index (χ3n) is 4.98. The molecular weight excluding hydrogens is 260 g/mol. The fourth-order valence-corrected chi connectivity index (χ4v) is 3.85. The predicted molar refractivity (Wildman–Crippen MR) is 86.2 cm³/mol. The maximum Gasteiger partial charge on any atom is 0.220 e. The lowest BCUT2D eigenvalue weighted by Gasteiger charge is -2.39. The van der Waals surface area contributed by atoms with Crippen LogP contribution in [0.1, 0.15) is 50.9 Å². The number of fused-ring (bicyclic) bond motifs is 3. The molecule has 1 aromatic heterocycles. The van der Waals surface area contributed by atoms with Crippen LogP contribution in [0, 0.1) is 5.92 Å². The van der Waals surface area contributed by atoms with E-state index in [4.69, 9.17) is 0 Å². The largest absolute Gasteiger partial charge is 0.356 e. The number of hydrogen-bond acceptors (Lipinski definition) is 1. The molecule has 1 atom stereocenters. The van der Waals surface area contributed by atoms with Gasteiger partial charge in [-0.1, -0.05) is 44.9 Å². The summed E-state index contributed by atoms with van der Waals surface area (Å²) in [5, 5.41) is 1.33. The quantitative estimate of drug-likeness (QED) is 0.907. The van der Waals surface area contributed by atoms with Gasteiger partial charge in [0.2, 0.25) is 5.91 Å². The van der Waals surface area contributed by atoms with Crippen molar-refractivity contribution in [2.75, 3.05) is 6.54 Å². The van der Waals surface area contributed by atoms with E-state index in [-0.39, 0.29) is 11.9 Å². The van der Waals surface area contributed by atoms with Gasteiger partial charge in [-0.3, -0.25) is 4.79 Å². The number of amides is 1. The summed E-state index contributed by atoms with van der Waals surface area (Å²) in [6.07, 6.45) is 3.15. The first kappa shape index (κ1) is 14.2. The van der Waals surface area contributed by atoms with Gasteiger partial charge in [0.15, 0.2) is 0 Å². The van der Waals surface area contributed by atoms with Gasteiger partial charge in [-0.2, -0.15) is 0 Å². The molecule has 112 valence electrons. The molecule has 0 bridgehead atoms. The second-order valence-corrected chi connectivity index (χ2v) is 6.05. The first-order valence-electron chi connectivity index (χ1n) is 8.04. The lowest BCUT2D eigenvalue weighted by molar-refractivity contribution is -0.133. The molecule has 1 aliphatic heterocycles. The SMILES string of the molecule is CCC(CC)[C@H]1c2[nH]c3ccccc3c2CCN1C(C)=O. The normalized spacial score (nSPS) is 18.3. The Morgan fingerprint density at radius 1 is 1.33 bits per heavy atom. The molecule has 0 saturated carbocycles. The van der Waals surface area contributed by atoms with Crippen LogP contribution in [0.25, 0.3) is 10.9 Å². The van der Waals surface area contributed by atoms with Crippen LogP contribution in [0.2, 0.25) is 0 Å². The van der Waals surface area contributed by atoms with Crippen LogP contribution in [0.3, 0.4) is 0 Å². The Morgan fingerprint density at radius 3 is 2.71 bits per heavy atom. The summed E-state index contributed by atoms with van der Waals surface area (Å²) >= 11 is 0. The standard InChI is InChI=1S/C18H24N2O/c1-4-13(5-2)18-17-15(10-11-20(18)12(3)21)14-8-6-7-9-16(14)19-17/h6-9,13,18-19H,4-5,10-11H2,1-3H3/t18-/m0/s1. The Bertz CT molecular complexity index is 654. The highest BCUT2D eigenvalue weighted by Crippen LogP contribution is 2.40. The molecule has 1 N–H and O–H groups in total. The minimum Gasteiger partial charge on any atom is -0.356 e. The molecule has 3 rings (SSSR count). The number of carbonyl (C=O) groups is 1. The monoisotopic (exact) mass is 284 g/mol. The molecule has 0 fully saturated rings. The van der Waals surface area contributed by atoms with Crippen LogP contribution in [0.15, 0.2) is 24.3 Å². The number of hydrogen-bond donors (Lipinski definition) is 1. The Balaban J connectivity index is 2.15. The van der Waals surface area contributed by atoms with Crippen LogP contribution in [-0.2, 0) is 11.2 Å². The van der Waals surface area contributed by atoms with Crippen molar-refractivity contribution in [3.63, 3.8) is 0 Å². The van der Waals surface area contributed by atoms with Gasteiger partial charge in [-0.15, -0.1) is 0 Å². The smallest absolute Gasteiger partial charge is 0.220 e. The van der Waals surface area contributed by atoms with Crippen molar-refractivity contribution in [1.29, 1.82) is 0 Å². The zero-order valence-electron chi connectivity index (χ0n) is 13.1. The van der Waals surface area contributed by atoms with Gasteiger partial charge in [0.05, 0.1) is 6.04 Å². The first-order chi connectivity index (χ1) is 10.2. The maximum atomic E-state index is 12.1. The van der Waals surface area contributed by atoms with Crippen molar-refractivity contribution in [1.82, 2.24) is 9.88 Å². The molecule has 0 radical (unpaired) electrons. The number of benzene rings is 1. The van der Waals surface area contributed by atoms with E-state index in [9.17, 15) is 4.79 Å². The number of rotatable bonds is 3. The summed E-state index contributed by atoms with van der Waals surface area (Å²) in [4.78, 5) is 17.8. The fourth-order valence-electron chi connectivity index (χ4n) is 3.85. The minimum absolute atomic E-state index is 0.191. The number of H-pyrrole nitrogens is 1. The topological polar surface area (TPSA) is 36.1 Å². The summed E-state index contributed by atoms with van der Waals surface area (Å²) in [5.41, 5.74) is 3.88. The Morgan fingerprint density at radius 2 is 2.05 bits per heavy atom. The number of carbonyl (C=O) groups excluding carboxylic acids is 1. The Kier molecular flexibility index (Phi) is 3.75. The van der Waals surface area contributed by atoms with Gasteiger partial charge in [0.25, 0.3) is 0 Å². The van der Waals surface area contributed by atoms with E-state index in [1.165, 1.54) is 22.2 Å². The second-order valence-electron chi connectivity index (χ2n) is 6.05. The molecule has 0 unspecified atom stereocenters. The maximum absolute atomic E-state index is 12.1. The number of aromatic amines is 1. The van der Waals surface area contributed by atoms with Gasteiger partial charge >= 0.3 is 0 Å². The first-order valence-corrected chi connectivity index (χ1v) is 8.04. The average molecular weight is 284 g/mol. The lowest BCUT2D eigenvalue weighted by Crippen LogP contribution is -2.42. The van der Waals surface area contributed by atoms with Crippen LogP contribution >= 0.6 is 0 Å². The van der Waals surface area contributed by atoms with Gasteiger partial charge in [0.1, 0.15) is 0 Å². The van der Waals surface area contributed by atoms with Crippen LogP contribution in [0.4, 0.5) is 0 Å². The van der Waals surface area contributed by atoms with Gasteiger partial charge < -0.3 is 9.88 Å². The van der Waals surface area contributed by atoms with Crippen molar-refractivity contribution in [2.24, 2.45) is 5.92 Å². The molecule has 3 heteroatoms. The fraction of sp³-hybridized carbons (Fsp3) is 0.500. The van der Waals surface area contributed by atoms with Crippen molar-refractivity contribution < 1.29 is 4.79 Å². The molecule has 1 aliphatic rings. The molecule has 1 amide bonds. The van der Waals surface area contributed by atoms with Gasteiger partial charge in [-0.25, -0.2) is 0 Å². The number of para-hydroxylation sites is 1. The molecule has 0 saturated heterocycles. The summed E-state index contributed by atoms with van der Waals surface area (Å²) in [7, 11) is 0. The molecule has 2 aromatic rings. The lowest BCUT2D eigenvalue weighted by atomic mass is 9.85.